The van der Waals surface area contributed by atoms with Crippen molar-refractivity contribution in [3.05, 3.63) is 74.3 Å². The Morgan fingerprint density at radius 1 is 1.24 bits per heavy atom. The van der Waals surface area contributed by atoms with Gasteiger partial charge < -0.3 is 4.98 Å². The highest BCUT2D eigenvalue weighted by atomic mass is 32.1. The van der Waals surface area contributed by atoms with Crippen LogP contribution in [0.1, 0.15) is 26.5 Å². The molecule has 0 unspecified atom stereocenters. The molecule has 0 saturated heterocycles. The number of aromatic amines is 1. The lowest BCUT2D eigenvalue weighted by Crippen LogP contribution is -2.17. The molecule has 2 nitrogen and oxygen atoms in total. The first-order valence-electron chi connectivity index (χ1n) is 8.25. The van der Waals surface area contributed by atoms with E-state index in [0.29, 0.717) is 0 Å². The monoisotopic (exact) mass is 366 g/mol. The lowest BCUT2D eigenvalue weighted by Gasteiger charge is -2.03. The van der Waals surface area contributed by atoms with Crippen LogP contribution in [-0.2, 0) is 0 Å². The quantitative estimate of drug-likeness (QED) is 0.508. The molecule has 4 heteroatoms. The van der Waals surface area contributed by atoms with Gasteiger partial charge in [-0.1, -0.05) is 62.9 Å². The molecule has 1 aromatic carbocycles. The summed E-state index contributed by atoms with van der Waals surface area (Å²) in [6, 6.07) is 10.4. The number of rotatable bonds is 3. The van der Waals surface area contributed by atoms with Gasteiger partial charge in [0.05, 0.1) is 10.2 Å². The van der Waals surface area contributed by atoms with Gasteiger partial charge in [0.25, 0.3) is 0 Å². The maximum atomic E-state index is 5.12. The maximum Gasteiger partial charge on any atom is 0.159 e. The van der Waals surface area contributed by atoms with Gasteiger partial charge >= 0.3 is 0 Å². The van der Waals surface area contributed by atoms with Crippen LogP contribution in [0.15, 0.2) is 54.8 Å². The number of nitrogens with one attached hydrogen (secondary N) is 1. The van der Waals surface area contributed by atoms with Crippen molar-refractivity contribution in [2.45, 2.75) is 20.8 Å². The van der Waals surface area contributed by atoms with Gasteiger partial charge in [-0.05, 0) is 42.2 Å². The molecule has 0 bridgehead atoms. The predicted octanol–water partition coefficient (Wildman–Crippen LogP) is 5.23. The fourth-order valence-electron chi connectivity index (χ4n) is 2.32. The average molecular weight is 367 g/mol. The maximum absolute atomic E-state index is 5.12. The van der Waals surface area contributed by atoms with E-state index in [2.05, 4.69) is 46.9 Å². The van der Waals surface area contributed by atoms with E-state index < -0.39 is 0 Å². The number of hydrogen-bond acceptors (Lipinski definition) is 3. The molecule has 128 valence electrons. The van der Waals surface area contributed by atoms with Gasteiger partial charge in [0.2, 0.25) is 0 Å². The molecule has 0 radical (unpaired) electrons. The van der Waals surface area contributed by atoms with Crippen molar-refractivity contribution < 1.29 is 0 Å². The van der Waals surface area contributed by atoms with E-state index in [-0.39, 0.29) is 0 Å². The first-order valence-corrected chi connectivity index (χ1v) is 9.48. The molecular weight excluding hydrogens is 344 g/mol. The van der Waals surface area contributed by atoms with Crippen LogP contribution >= 0.6 is 23.6 Å². The summed E-state index contributed by atoms with van der Waals surface area (Å²) in [6.45, 7) is 9.97. The van der Waals surface area contributed by atoms with E-state index in [4.69, 9.17) is 12.2 Å². The van der Waals surface area contributed by atoms with Gasteiger partial charge in [-0.3, -0.25) is 4.98 Å². The van der Waals surface area contributed by atoms with E-state index in [1.807, 2.05) is 51.3 Å². The molecule has 0 fully saturated rings. The molecule has 3 aromatic rings. The molecule has 2 heterocycles. The number of H-pyrrole nitrogens is 1. The SMILES string of the molecule is C=c1[nH]c(=S)s\c1=C/C=C/C(=C\C)c1cc2ccccc2cn1.CC. The van der Waals surface area contributed by atoms with Gasteiger partial charge in [0.1, 0.15) is 0 Å². The molecule has 0 aliphatic heterocycles. The van der Waals surface area contributed by atoms with Crippen molar-refractivity contribution >= 4 is 52.6 Å². The molecule has 1 N–H and O–H groups in total. The Morgan fingerprint density at radius 2 is 1.96 bits per heavy atom. The highest BCUT2D eigenvalue weighted by Crippen LogP contribution is 2.19. The van der Waals surface area contributed by atoms with Crippen LogP contribution in [0.4, 0.5) is 0 Å². The van der Waals surface area contributed by atoms with Crippen LogP contribution in [0.2, 0.25) is 0 Å². The molecule has 3 rings (SSSR count). The van der Waals surface area contributed by atoms with Crippen molar-refractivity contribution in [2.24, 2.45) is 0 Å². The topological polar surface area (TPSA) is 28.7 Å². The summed E-state index contributed by atoms with van der Waals surface area (Å²) in [7, 11) is 0. The minimum absolute atomic E-state index is 0.747. The van der Waals surface area contributed by atoms with Crippen molar-refractivity contribution in [2.75, 3.05) is 0 Å². The number of nitrogens with zero attached hydrogens (tertiary/aromatic N) is 1. The number of thiazole rings is 1. The van der Waals surface area contributed by atoms with E-state index in [9.17, 15) is 0 Å². The first-order chi connectivity index (χ1) is 12.2. The number of fused-ring (bicyclic) bond motifs is 1. The summed E-state index contributed by atoms with van der Waals surface area (Å²) in [6.07, 6.45) is 10.1. The summed E-state index contributed by atoms with van der Waals surface area (Å²) in [5.74, 6) is 0. The number of pyridine rings is 1. The van der Waals surface area contributed by atoms with Crippen molar-refractivity contribution in [1.82, 2.24) is 9.97 Å². The van der Waals surface area contributed by atoms with Crippen molar-refractivity contribution in [3.63, 3.8) is 0 Å². The number of benzene rings is 1. The zero-order chi connectivity index (χ0) is 18.2. The van der Waals surface area contributed by atoms with Crippen LogP contribution < -0.4 is 9.88 Å². The van der Waals surface area contributed by atoms with Crippen LogP contribution in [0.5, 0.6) is 0 Å². The Kier molecular flexibility index (Phi) is 7.04. The third kappa shape index (κ3) is 4.84. The predicted molar refractivity (Wildman–Crippen MR) is 115 cm³/mol. The molecule has 0 spiro atoms. The van der Waals surface area contributed by atoms with E-state index in [1.165, 1.54) is 16.7 Å². The Bertz CT molecular complexity index is 1070. The van der Waals surface area contributed by atoms with E-state index in [0.717, 1.165) is 30.5 Å². The second-order valence-electron chi connectivity index (χ2n) is 5.04. The summed E-state index contributed by atoms with van der Waals surface area (Å²) in [4.78, 5) is 7.60. The lowest BCUT2D eigenvalue weighted by molar-refractivity contribution is 1.30. The average Bonchev–Trinajstić information content (AvgIpc) is 2.97. The third-order valence-electron chi connectivity index (χ3n) is 3.51. The largest absolute Gasteiger partial charge is 0.337 e. The molecule has 0 aliphatic rings. The minimum Gasteiger partial charge on any atom is -0.337 e. The summed E-state index contributed by atoms with van der Waals surface area (Å²) in [5, 5.41) is 3.20. The fourth-order valence-corrected chi connectivity index (χ4v) is 3.40. The molecule has 0 aliphatic carbocycles. The standard InChI is InChI=1S/C19H16N2S2.C2H6/c1-3-14(9-6-10-18-13(2)21-19(22)23-18)17-11-15-7-4-5-8-16(15)12-20-17;1-2/h3-12H,2H2,1H3,(H,21,22);1-2H3/b9-6+,14-3+,18-10-;. The smallest absolute Gasteiger partial charge is 0.159 e. The molecular formula is C21H22N2S2. The van der Waals surface area contributed by atoms with Crippen LogP contribution in [0.3, 0.4) is 0 Å². The van der Waals surface area contributed by atoms with Gasteiger partial charge in [0, 0.05) is 16.9 Å². The van der Waals surface area contributed by atoms with Crippen molar-refractivity contribution in [3.8, 4) is 0 Å². The van der Waals surface area contributed by atoms with Crippen LogP contribution in [0.25, 0.3) is 29.0 Å². The normalized spacial score (nSPS) is 12.4. The zero-order valence-electron chi connectivity index (χ0n) is 14.7. The van der Waals surface area contributed by atoms with Crippen LogP contribution in [0, 0.1) is 3.95 Å². The highest BCUT2D eigenvalue weighted by Gasteiger charge is 2.00. The molecule has 25 heavy (non-hydrogen) atoms. The van der Waals surface area contributed by atoms with E-state index >= 15 is 0 Å². The molecule has 0 amide bonds. The summed E-state index contributed by atoms with van der Waals surface area (Å²) >= 11 is 6.65. The Labute approximate surface area is 157 Å². The lowest BCUT2D eigenvalue weighted by atomic mass is 10.1. The Morgan fingerprint density at radius 3 is 2.60 bits per heavy atom. The zero-order valence-corrected chi connectivity index (χ0v) is 16.4. The first kappa shape index (κ1) is 19.0. The van der Waals surface area contributed by atoms with Gasteiger partial charge in [-0.25, -0.2) is 0 Å². The molecule has 0 atom stereocenters. The van der Waals surface area contributed by atoms with Crippen LogP contribution in [-0.4, -0.2) is 9.97 Å². The minimum atomic E-state index is 0.747. The van der Waals surface area contributed by atoms with Gasteiger partial charge in [-0.2, -0.15) is 0 Å². The van der Waals surface area contributed by atoms with Crippen molar-refractivity contribution in [1.29, 1.82) is 0 Å². The Hall–Kier alpha value is -2.30. The van der Waals surface area contributed by atoms with E-state index in [1.54, 1.807) is 0 Å². The summed E-state index contributed by atoms with van der Waals surface area (Å²) in [5.41, 5.74) is 2.05. The fraction of sp³-hybridized carbons (Fsp3) is 0.143. The molecule has 0 saturated carbocycles. The number of allylic oxidation sites excluding steroid dienone is 4. The second-order valence-corrected chi connectivity index (χ2v) is 6.76. The van der Waals surface area contributed by atoms with Gasteiger partial charge in [0.15, 0.2) is 3.95 Å². The van der Waals surface area contributed by atoms with Gasteiger partial charge in [-0.15, -0.1) is 11.3 Å². The number of aromatic nitrogens is 2. The molecule has 2 aromatic heterocycles. The second kappa shape index (κ2) is 9.25. The summed E-state index contributed by atoms with van der Waals surface area (Å²) < 4.78 is 1.80. The third-order valence-corrected chi connectivity index (χ3v) is 4.76. The number of hydrogen-bond donors (Lipinski definition) is 1. The Balaban J connectivity index is 0.00000109. The highest BCUT2D eigenvalue weighted by molar-refractivity contribution is 7.73.